The molecule has 0 fully saturated rings. The average Bonchev–Trinajstić information content (AvgIpc) is 2.52. The Kier molecular flexibility index (Phi) is 6.43. The molecule has 0 atom stereocenters. The molecule has 5 heteroatoms. The molecular weight excluding hydrogens is 344 g/mol. The maximum Gasteiger partial charge on any atom is 0.225 e. The quantitative estimate of drug-likeness (QED) is 0.740. The van der Waals surface area contributed by atoms with Gasteiger partial charge in [-0.25, -0.2) is 0 Å². The Balaban J connectivity index is 1.68. The van der Waals surface area contributed by atoms with E-state index in [4.69, 9.17) is 4.74 Å². The molecule has 2 aromatic carbocycles. The van der Waals surface area contributed by atoms with Crippen LogP contribution >= 0.6 is 15.9 Å². The van der Waals surface area contributed by atoms with Crippen molar-refractivity contribution in [2.45, 2.75) is 13.0 Å². The number of nitrogens with one attached hydrogen (secondary N) is 2. The zero-order chi connectivity index (χ0) is 15.8. The predicted molar refractivity (Wildman–Crippen MR) is 92.1 cm³/mol. The molecule has 0 spiro atoms. The summed E-state index contributed by atoms with van der Waals surface area (Å²) in [7, 11) is 1.65. The first-order valence-electron chi connectivity index (χ1n) is 7.06. The summed E-state index contributed by atoms with van der Waals surface area (Å²) >= 11 is 3.38. The molecule has 116 valence electrons. The molecular formula is C17H19BrN2O2. The van der Waals surface area contributed by atoms with Gasteiger partial charge in [-0.05, 0) is 35.9 Å². The van der Waals surface area contributed by atoms with Crippen molar-refractivity contribution in [2.24, 2.45) is 0 Å². The third-order valence-electron chi connectivity index (χ3n) is 3.13. The van der Waals surface area contributed by atoms with Gasteiger partial charge >= 0.3 is 0 Å². The van der Waals surface area contributed by atoms with Crippen LogP contribution in [-0.4, -0.2) is 19.6 Å². The van der Waals surface area contributed by atoms with E-state index in [9.17, 15) is 4.79 Å². The van der Waals surface area contributed by atoms with Gasteiger partial charge in [-0.15, -0.1) is 0 Å². The van der Waals surface area contributed by atoms with Crippen LogP contribution in [0.4, 0.5) is 5.69 Å². The normalized spacial score (nSPS) is 10.3. The van der Waals surface area contributed by atoms with E-state index in [1.807, 2.05) is 48.5 Å². The van der Waals surface area contributed by atoms with Crippen LogP contribution in [0.1, 0.15) is 12.0 Å². The Morgan fingerprint density at radius 1 is 1.18 bits per heavy atom. The summed E-state index contributed by atoms with van der Waals surface area (Å²) in [4.78, 5) is 11.8. The third-order valence-corrected chi connectivity index (χ3v) is 3.62. The molecule has 0 aliphatic heterocycles. The van der Waals surface area contributed by atoms with Crippen LogP contribution in [0.3, 0.4) is 0 Å². The SMILES string of the molecule is COc1ccc(CNCCC(=O)Nc2cccc(Br)c2)cc1. The van der Waals surface area contributed by atoms with Crippen molar-refractivity contribution in [3.05, 3.63) is 58.6 Å². The first-order chi connectivity index (χ1) is 10.7. The molecule has 2 N–H and O–H groups in total. The van der Waals surface area contributed by atoms with E-state index in [2.05, 4.69) is 26.6 Å². The van der Waals surface area contributed by atoms with E-state index in [-0.39, 0.29) is 5.91 Å². The summed E-state index contributed by atoms with van der Waals surface area (Å²) < 4.78 is 6.06. The smallest absolute Gasteiger partial charge is 0.225 e. The fourth-order valence-corrected chi connectivity index (χ4v) is 2.37. The molecule has 0 bridgehead atoms. The number of amides is 1. The lowest BCUT2D eigenvalue weighted by molar-refractivity contribution is -0.116. The molecule has 1 amide bonds. The third kappa shape index (κ3) is 5.50. The Morgan fingerprint density at radius 3 is 2.64 bits per heavy atom. The fraction of sp³-hybridized carbons (Fsp3) is 0.235. The van der Waals surface area contributed by atoms with Crippen molar-refractivity contribution in [1.29, 1.82) is 0 Å². The van der Waals surface area contributed by atoms with Crippen molar-refractivity contribution >= 4 is 27.5 Å². The van der Waals surface area contributed by atoms with E-state index in [1.54, 1.807) is 7.11 Å². The number of carbonyl (C=O) groups excluding carboxylic acids is 1. The van der Waals surface area contributed by atoms with E-state index in [1.165, 1.54) is 0 Å². The predicted octanol–water partition coefficient (Wildman–Crippen LogP) is 3.58. The summed E-state index contributed by atoms with van der Waals surface area (Å²) in [6, 6.07) is 15.4. The van der Waals surface area contributed by atoms with Gasteiger partial charge in [0.05, 0.1) is 7.11 Å². The van der Waals surface area contributed by atoms with Gasteiger partial charge in [-0.3, -0.25) is 4.79 Å². The van der Waals surface area contributed by atoms with Gasteiger partial charge in [-0.2, -0.15) is 0 Å². The highest BCUT2D eigenvalue weighted by Crippen LogP contribution is 2.15. The van der Waals surface area contributed by atoms with Gasteiger partial charge in [0, 0.05) is 29.7 Å². The monoisotopic (exact) mass is 362 g/mol. The number of hydrogen-bond donors (Lipinski definition) is 2. The number of anilines is 1. The second-order valence-corrected chi connectivity index (χ2v) is 5.75. The zero-order valence-corrected chi connectivity index (χ0v) is 14.0. The van der Waals surface area contributed by atoms with Crippen LogP contribution < -0.4 is 15.4 Å². The van der Waals surface area contributed by atoms with Crippen LogP contribution in [0.25, 0.3) is 0 Å². The van der Waals surface area contributed by atoms with Crippen LogP contribution in [-0.2, 0) is 11.3 Å². The Bertz CT molecular complexity index is 614. The second kappa shape index (κ2) is 8.56. The Morgan fingerprint density at radius 2 is 1.95 bits per heavy atom. The molecule has 22 heavy (non-hydrogen) atoms. The zero-order valence-electron chi connectivity index (χ0n) is 12.4. The number of methoxy groups -OCH3 is 1. The Hall–Kier alpha value is -1.85. The molecule has 0 saturated heterocycles. The molecule has 2 aromatic rings. The highest BCUT2D eigenvalue weighted by molar-refractivity contribution is 9.10. The molecule has 0 saturated carbocycles. The number of ether oxygens (including phenoxy) is 1. The number of hydrogen-bond acceptors (Lipinski definition) is 3. The lowest BCUT2D eigenvalue weighted by atomic mass is 10.2. The molecule has 0 aromatic heterocycles. The van der Waals surface area contributed by atoms with E-state index >= 15 is 0 Å². The first kappa shape index (κ1) is 16.5. The summed E-state index contributed by atoms with van der Waals surface area (Å²) in [6.07, 6.45) is 0.433. The van der Waals surface area contributed by atoms with Crippen LogP contribution in [0.15, 0.2) is 53.0 Å². The second-order valence-electron chi connectivity index (χ2n) is 4.83. The van der Waals surface area contributed by atoms with Gasteiger partial charge in [0.25, 0.3) is 0 Å². The summed E-state index contributed by atoms with van der Waals surface area (Å²) in [5.74, 6) is 0.845. The van der Waals surface area contributed by atoms with Gasteiger partial charge in [0.15, 0.2) is 0 Å². The van der Waals surface area contributed by atoms with Gasteiger partial charge in [0.2, 0.25) is 5.91 Å². The van der Waals surface area contributed by atoms with Crippen LogP contribution in [0, 0.1) is 0 Å². The maximum absolute atomic E-state index is 11.8. The van der Waals surface area contributed by atoms with Crippen molar-refractivity contribution in [1.82, 2.24) is 5.32 Å². The number of rotatable bonds is 7. The van der Waals surface area contributed by atoms with Crippen LogP contribution in [0.2, 0.25) is 0 Å². The fourth-order valence-electron chi connectivity index (χ4n) is 1.97. The maximum atomic E-state index is 11.8. The van der Waals surface area contributed by atoms with Crippen LogP contribution in [0.5, 0.6) is 5.75 Å². The summed E-state index contributed by atoms with van der Waals surface area (Å²) in [6.45, 7) is 1.36. The standard InChI is InChI=1S/C17H19BrN2O2/c1-22-16-7-5-13(6-8-16)12-19-10-9-17(21)20-15-4-2-3-14(18)11-15/h2-8,11,19H,9-10,12H2,1H3,(H,20,21). The topological polar surface area (TPSA) is 50.4 Å². The van der Waals surface area contributed by atoms with Gasteiger partial charge in [-0.1, -0.05) is 34.1 Å². The number of carbonyl (C=O) groups is 1. The minimum atomic E-state index is 0.000306. The first-order valence-corrected chi connectivity index (χ1v) is 7.86. The minimum absolute atomic E-state index is 0.000306. The summed E-state index contributed by atoms with van der Waals surface area (Å²) in [5.41, 5.74) is 1.96. The molecule has 0 unspecified atom stereocenters. The van der Waals surface area contributed by atoms with Gasteiger partial charge < -0.3 is 15.4 Å². The number of halogens is 1. The minimum Gasteiger partial charge on any atom is -0.497 e. The molecule has 2 rings (SSSR count). The molecule has 0 heterocycles. The molecule has 4 nitrogen and oxygen atoms in total. The van der Waals surface area contributed by atoms with E-state index < -0.39 is 0 Å². The van der Waals surface area contributed by atoms with Crippen molar-refractivity contribution in [3.8, 4) is 5.75 Å². The molecule has 0 radical (unpaired) electrons. The average molecular weight is 363 g/mol. The highest BCUT2D eigenvalue weighted by Gasteiger charge is 2.02. The largest absolute Gasteiger partial charge is 0.497 e. The molecule has 0 aliphatic rings. The highest BCUT2D eigenvalue weighted by atomic mass is 79.9. The van der Waals surface area contributed by atoms with Crippen molar-refractivity contribution in [2.75, 3.05) is 19.0 Å². The van der Waals surface area contributed by atoms with E-state index in [0.717, 1.165) is 28.0 Å². The summed E-state index contributed by atoms with van der Waals surface area (Å²) in [5, 5.41) is 6.13. The lowest BCUT2D eigenvalue weighted by Gasteiger charge is -2.07. The van der Waals surface area contributed by atoms with Crippen molar-refractivity contribution < 1.29 is 9.53 Å². The molecule has 0 aliphatic carbocycles. The van der Waals surface area contributed by atoms with E-state index in [0.29, 0.717) is 13.0 Å². The van der Waals surface area contributed by atoms with Gasteiger partial charge in [0.1, 0.15) is 5.75 Å². The number of benzene rings is 2. The lowest BCUT2D eigenvalue weighted by Crippen LogP contribution is -2.21. The Labute approximate surface area is 139 Å². The van der Waals surface area contributed by atoms with Crippen molar-refractivity contribution in [3.63, 3.8) is 0 Å².